The van der Waals surface area contributed by atoms with Gasteiger partial charge in [-0.2, -0.15) is 0 Å². The van der Waals surface area contributed by atoms with Gasteiger partial charge in [0.05, 0.1) is 0 Å². The highest BCUT2D eigenvalue weighted by molar-refractivity contribution is 5.71. The molecule has 0 radical (unpaired) electrons. The molecule has 0 aromatic carbocycles. The van der Waals surface area contributed by atoms with Gasteiger partial charge in [0, 0.05) is 19.3 Å². The van der Waals surface area contributed by atoms with Crippen LogP contribution in [0.4, 0.5) is 0 Å². The molecule has 0 rings (SSSR count). The predicted octanol–water partition coefficient (Wildman–Crippen LogP) is 22.6. The lowest BCUT2D eigenvalue weighted by atomic mass is 10.0. The van der Waals surface area contributed by atoms with E-state index in [1.165, 1.54) is 148 Å². The summed E-state index contributed by atoms with van der Waals surface area (Å²) in [5.74, 6) is -1.01. The van der Waals surface area contributed by atoms with Gasteiger partial charge in [-0.15, -0.1) is 0 Å². The number of carbonyl (C=O) groups excluding carboxylic acids is 3. The van der Waals surface area contributed by atoms with Gasteiger partial charge < -0.3 is 14.2 Å². The third-order valence-corrected chi connectivity index (χ3v) is 14.0. The zero-order chi connectivity index (χ0) is 56.4. The van der Waals surface area contributed by atoms with Crippen LogP contribution >= 0.6 is 0 Å². The van der Waals surface area contributed by atoms with Crippen molar-refractivity contribution in [3.8, 4) is 0 Å². The normalized spacial score (nSPS) is 12.8. The largest absolute Gasteiger partial charge is 0.462 e. The summed E-state index contributed by atoms with van der Waals surface area (Å²) in [6.07, 6.45) is 89.8. The zero-order valence-corrected chi connectivity index (χ0v) is 51.2. The SMILES string of the molecule is CC/C=C\C/C=C\C/C=C\C/C=C\C/C=C\C/C=C\CCC(=O)OC(COC(=O)CCCCCCC/C=C\C/C=C\C/C=C\CC)COC(=O)CCCCCCCCCCCCCCCCCCCCCCCCCCCC. The van der Waals surface area contributed by atoms with Crippen LogP contribution in [0, 0.1) is 0 Å². The number of carbonyl (C=O) groups is 3. The Kier molecular flexibility index (Phi) is 62.3. The van der Waals surface area contributed by atoms with Crippen molar-refractivity contribution in [1.82, 2.24) is 0 Å². The summed E-state index contributed by atoms with van der Waals surface area (Å²) in [7, 11) is 0. The summed E-state index contributed by atoms with van der Waals surface area (Å²) < 4.78 is 16.8. The van der Waals surface area contributed by atoms with Crippen molar-refractivity contribution < 1.29 is 28.6 Å². The maximum atomic E-state index is 12.9. The van der Waals surface area contributed by atoms with Crippen molar-refractivity contribution in [2.75, 3.05) is 13.2 Å². The summed E-state index contributed by atoms with van der Waals surface area (Å²) in [5.41, 5.74) is 0. The molecule has 0 N–H and O–H groups in total. The number of unbranched alkanes of at least 4 members (excludes halogenated alkanes) is 30. The van der Waals surface area contributed by atoms with Gasteiger partial charge in [-0.3, -0.25) is 14.4 Å². The van der Waals surface area contributed by atoms with Crippen LogP contribution in [0.15, 0.2) is 109 Å². The van der Waals surface area contributed by atoms with Gasteiger partial charge in [0.1, 0.15) is 13.2 Å². The maximum Gasteiger partial charge on any atom is 0.306 e. The molecule has 0 aliphatic carbocycles. The van der Waals surface area contributed by atoms with Crippen molar-refractivity contribution in [2.24, 2.45) is 0 Å². The van der Waals surface area contributed by atoms with E-state index in [-0.39, 0.29) is 31.6 Å². The topological polar surface area (TPSA) is 78.9 Å². The van der Waals surface area contributed by atoms with E-state index in [4.69, 9.17) is 14.2 Å². The minimum atomic E-state index is -0.828. The van der Waals surface area contributed by atoms with E-state index in [9.17, 15) is 14.4 Å². The highest BCUT2D eigenvalue weighted by atomic mass is 16.6. The van der Waals surface area contributed by atoms with Crippen LogP contribution in [0.3, 0.4) is 0 Å². The standard InChI is InChI=1S/C72H122O6/c1-4-7-10-13-16-19-22-25-28-30-32-33-34-35-36-37-38-40-41-44-47-50-53-56-59-62-65-71(74)77-68-69(67-76-70(73)64-61-58-55-52-49-46-43-27-24-21-18-15-12-9-6-3)78-72(75)66-63-60-57-54-51-48-45-42-39-31-29-26-23-20-17-14-11-8-5-2/h8-9,11-12,17-18,20-21,26-27,29,39,42-43,48,51,57,60,69H,4-7,10,13-16,19,22-25,28,30-38,40-41,44-47,49-50,52-56,58-59,61-68H2,1-3H3/b11-8-,12-9-,20-17-,21-18-,29-26-,42-39-,43-27-,51-48-,60-57-. The van der Waals surface area contributed by atoms with Gasteiger partial charge in [0.25, 0.3) is 0 Å². The van der Waals surface area contributed by atoms with Gasteiger partial charge in [0.15, 0.2) is 6.10 Å². The fourth-order valence-corrected chi connectivity index (χ4v) is 9.19. The highest BCUT2D eigenvalue weighted by Gasteiger charge is 2.19. The van der Waals surface area contributed by atoms with Crippen LogP contribution in [-0.4, -0.2) is 37.2 Å². The molecule has 78 heavy (non-hydrogen) atoms. The monoisotopic (exact) mass is 1080 g/mol. The molecule has 6 nitrogen and oxygen atoms in total. The van der Waals surface area contributed by atoms with Gasteiger partial charge in [-0.1, -0.05) is 310 Å². The molecule has 0 aromatic heterocycles. The lowest BCUT2D eigenvalue weighted by molar-refractivity contribution is -0.166. The quantitative estimate of drug-likeness (QED) is 0.0261. The number of esters is 3. The second kappa shape index (κ2) is 65.6. The lowest BCUT2D eigenvalue weighted by Gasteiger charge is -2.18. The van der Waals surface area contributed by atoms with E-state index in [0.717, 1.165) is 116 Å². The van der Waals surface area contributed by atoms with E-state index in [2.05, 4.69) is 124 Å². The van der Waals surface area contributed by atoms with Gasteiger partial charge >= 0.3 is 17.9 Å². The van der Waals surface area contributed by atoms with Crippen LogP contribution < -0.4 is 0 Å². The molecule has 1 unspecified atom stereocenters. The fourth-order valence-electron chi connectivity index (χ4n) is 9.19. The molecule has 0 heterocycles. The third kappa shape index (κ3) is 62.9. The molecular weight excluding hydrogens is 961 g/mol. The summed E-state index contributed by atoms with van der Waals surface area (Å²) in [6, 6.07) is 0. The van der Waals surface area contributed by atoms with Crippen LogP contribution in [0.25, 0.3) is 0 Å². The van der Waals surface area contributed by atoms with E-state index in [1.54, 1.807) is 0 Å². The molecule has 0 amide bonds. The zero-order valence-electron chi connectivity index (χ0n) is 51.2. The van der Waals surface area contributed by atoms with E-state index in [1.807, 2.05) is 6.08 Å². The summed E-state index contributed by atoms with van der Waals surface area (Å²) in [4.78, 5) is 38.3. The van der Waals surface area contributed by atoms with Crippen LogP contribution in [0.1, 0.15) is 310 Å². The van der Waals surface area contributed by atoms with E-state index >= 15 is 0 Å². The Morgan fingerprint density at radius 2 is 0.526 bits per heavy atom. The van der Waals surface area contributed by atoms with Crippen LogP contribution in [0.2, 0.25) is 0 Å². The fraction of sp³-hybridized carbons (Fsp3) is 0.708. The average Bonchev–Trinajstić information content (AvgIpc) is 3.44. The molecule has 446 valence electrons. The molecular formula is C72H122O6. The van der Waals surface area contributed by atoms with Crippen molar-refractivity contribution in [3.05, 3.63) is 109 Å². The first-order chi connectivity index (χ1) is 38.5. The molecule has 0 fully saturated rings. The van der Waals surface area contributed by atoms with Crippen molar-refractivity contribution >= 4 is 17.9 Å². The number of ether oxygens (including phenoxy) is 3. The number of rotatable bonds is 59. The summed E-state index contributed by atoms with van der Waals surface area (Å²) in [5, 5.41) is 0. The smallest absolute Gasteiger partial charge is 0.306 e. The average molecular weight is 1080 g/mol. The molecule has 0 saturated heterocycles. The molecule has 6 heteroatoms. The second-order valence-corrected chi connectivity index (χ2v) is 21.6. The van der Waals surface area contributed by atoms with Crippen LogP contribution in [-0.2, 0) is 28.6 Å². The van der Waals surface area contributed by atoms with Crippen LogP contribution in [0.5, 0.6) is 0 Å². The Labute approximate surface area is 482 Å². The predicted molar refractivity (Wildman–Crippen MR) is 339 cm³/mol. The Morgan fingerprint density at radius 3 is 0.833 bits per heavy atom. The molecule has 1 atom stereocenters. The maximum absolute atomic E-state index is 12.9. The van der Waals surface area contributed by atoms with Gasteiger partial charge in [-0.05, 0) is 89.9 Å². The Morgan fingerprint density at radius 1 is 0.269 bits per heavy atom. The number of hydrogen-bond donors (Lipinski definition) is 0. The summed E-state index contributed by atoms with van der Waals surface area (Å²) >= 11 is 0. The molecule has 0 bridgehead atoms. The first-order valence-corrected chi connectivity index (χ1v) is 32.9. The lowest BCUT2D eigenvalue weighted by Crippen LogP contribution is -2.30. The highest BCUT2D eigenvalue weighted by Crippen LogP contribution is 2.17. The number of hydrogen-bond acceptors (Lipinski definition) is 6. The number of allylic oxidation sites excluding steroid dienone is 18. The molecule has 0 saturated carbocycles. The Balaban J connectivity index is 4.38. The van der Waals surface area contributed by atoms with E-state index < -0.39 is 12.1 Å². The molecule has 0 aliphatic heterocycles. The van der Waals surface area contributed by atoms with E-state index in [0.29, 0.717) is 19.3 Å². The molecule has 0 aromatic rings. The summed E-state index contributed by atoms with van der Waals surface area (Å²) in [6.45, 7) is 6.37. The first kappa shape index (κ1) is 74.1. The Hall–Kier alpha value is -3.93. The van der Waals surface area contributed by atoms with Gasteiger partial charge in [0.2, 0.25) is 0 Å². The van der Waals surface area contributed by atoms with Crippen molar-refractivity contribution in [2.45, 2.75) is 316 Å². The third-order valence-electron chi connectivity index (χ3n) is 14.0. The minimum Gasteiger partial charge on any atom is -0.462 e. The molecule has 0 spiro atoms. The minimum absolute atomic E-state index is 0.113. The van der Waals surface area contributed by atoms with Crippen molar-refractivity contribution in [3.63, 3.8) is 0 Å². The van der Waals surface area contributed by atoms with Crippen molar-refractivity contribution in [1.29, 1.82) is 0 Å². The van der Waals surface area contributed by atoms with Gasteiger partial charge in [-0.25, -0.2) is 0 Å². The Bertz CT molecular complexity index is 1570. The molecule has 0 aliphatic rings. The first-order valence-electron chi connectivity index (χ1n) is 32.9. The second-order valence-electron chi connectivity index (χ2n) is 21.6.